The number of carboxylic acid groups (broad SMARTS) is 1. The van der Waals surface area contributed by atoms with Gasteiger partial charge in [-0.1, -0.05) is 72.7 Å². The molecule has 2 aromatic carbocycles. The Morgan fingerprint density at radius 2 is 1.15 bits per heavy atom. The Balaban J connectivity index is 1.90. The average molecular weight is 1120 g/mol. The number of aliphatic hydroxyl groups is 3. The van der Waals surface area contributed by atoms with Gasteiger partial charge in [-0.05, 0) is 62.0 Å². The molecule has 1 aliphatic heterocycles. The molecule has 26 nitrogen and oxygen atoms in total. The van der Waals surface area contributed by atoms with E-state index >= 15 is 0 Å². The molecule has 1 aliphatic rings. The van der Waals surface area contributed by atoms with Crippen molar-refractivity contribution in [2.75, 3.05) is 38.8 Å². The number of hydrogen-bond donors (Lipinski definition) is 13. The van der Waals surface area contributed by atoms with Crippen molar-refractivity contribution in [2.45, 2.75) is 154 Å². The number of carbonyl (C=O) groups is 9. The largest absolute Gasteiger partial charge is 0.480 e. The van der Waals surface area contributed by atoms with Crippen LogP contribution in [-0.4, -0.2) is 177 Å². The zero-order valence-corrected chi connectivity index (χ0v) is 46.9. The van der Waals surface area contributed by atoms with Gasteiger partial charge in [-0.15, -0.1) is 0 Å². The quantitative estimate of drug-likeness (QED) is 0.0421. The van der Waals surface area contributed by atoms with E-state index in [-0.39, 0.29) is 41.9 Å². The predicted molar refractivity (Wildman–Crippen MR) is 285 cm³/mol. The molecule has 11 atom stereocenters. The fraction of sp³-hybridized carbons (Fsp3) is 0.627. The van der Waals surface area contributed by atoms with Crippen LogP contribution in [-0.2, 0) is 57.9 Å². The summed E-state index contributed by atoms with van der Waals surface area (Å²) in [7, 11) is -0.668. The number of carbonyl (C=O) groups excluding carboxylic acids is 8. The Bertz CT molecular complexity index is 2560. The third-order valence-electron chi connectivity index (χ3n) is 12.7. The third kappa shape index (κ3) is 19.1. The minimum absolute atomic E-state index is 0.0105. The van der Waals surface area contributed by atoms with Crippen LogP contribution in [0.5, 0.6) is 0 Å². The van der Waals surface area contributed by atoms with Crippen LogP contribution < -0.4 is 52.2 Å². The first-order valence-electron chi connectivity index (χ1n) is 25.8. The van der Waals surface area contributed by atoms with Gasteiger partial charge in [0.15, 0.2) is 6.23 Å². The van der Waals surface area contributed by atoms with Crippen molar-refractivity contribution in [2.24, 2.45) is 23.7 Å². The maximum atomic E-state index is 14.3. The fourth-order valence-electron chi connectivity index (χ4n) is 8.65. The molecule has 13 N–H and O–H groups in total. The maximum absolute atomic E-state index is 14.3. The molecular formula is C51H80N10O16S. The second kappa shape index (κ2) is 30.0. The van der Waals surface area contributed by atoms with Gasteiger partial charge in [0.1, 0.15) is 36.3 Å². The number of aliphatic carboxylic acids is 1. The standard InChI is InChI=1S/C51H80N10O16S/c1-25(2)18-33(53-44(67)29(8)60-78(75,76)41-17-13-14-31-32(41)15-12-16-39(31)61(10)11)45(68)54-34(19-26(3)4)47(70)59-43(27(5)6)49(72)55-35(46(69)56-37(22-62)48(71)57-38(23-63)51(73)74)21-42(66)58-50-36(52-30(9)65)20-28(7)40(24-64)77-50/h12-17,25-29,33-38,40,43,50,60,62-64H,18-24H2,1-11H3,(H,52,65)(H,53,67)(H,54,68)(H,55,72)(H,56,69)(H,57,71)(H,58,66)(H,59,70)(H,73,74). The smallest absolute Gasteiger partial charge is 0.328 e. The molecule has 3 rings (SSSR count). The molecule has 0 radical (unpaired) electrons. The van der Waals surface area contributed by atoms with Gasteiger partial charge in [0, 0.05) is 37.5 Å². The first-order valence-corrected chi connectivity index (χ1v) is 27.2. The predicted octanol–water partition coefficient (Wildman–Crippen LogP) is -1.95. The van der Waals surface area contributed by atoms with E-state index in [0.29, 0.717) is 10.8 Å². The minimum atomic E-state index is -4.31. The molecule has 8 amide bonds. The average Bonchev–Trinajstić information content (AvgIpc) is 3.35. The highest BCUT2D eigenvalue weighted by Gasteiger charge is 2.40. The molecule has 0 aliphatic carbocycles. The van der Waals surface area contributed by atoms with Crippen molar-refractivity contribution < 1.29 is 76.7 Å². The van der Waals surface area contributed by atoms with Gasteiger partial charge in [-0.2, -0.15) is 4.72 Å². The van der Waals surface area contributed by atoms with E-state index in [1.54, 1.807) is 72.7 Å². The first kappa shape index (κ1) is 65.8. The molecule has 436 valence electrons. The number of amides is 8. The number of fused-ring (bicyclic) bond motifs is 1. The molecule has 78 heavy (non-hydrogen) atoms. The monoisotopic (exact) mass is 1120 g/mol. The van der Waals surface area contributed by atoms with E-state index in [2.05, 4.69) is 41.9 Å². The van der Waals surface area contributed by atoms with Gasteiger partial charge in [-0.25, -0.2) is 13.2 Å². The lowest BCUT2D eigenvalue weighted by atomic mass is 9.92. The number of carboxylic acids is 1. The van der Waals surface area contributed by atoms with Gasteiger partial charge in [0.05, 0.1) is 49.3 Å². The zero-order valence-electron chi connectivity index (χ0n) is 46.0. The number of aliphatic hydroxyl groups excluding tert-OH is 3. The Kier molecular flexibility index (Phi) is 25.3. The molecule has 1 saturated heterocycles. The minimum Gasteiger partial charge on any atom is -0.480 e. The van der Waals surface area contributed by atoms with Crippen molar-refractivity contribution in [3.63, 3.8) is 0 Å². The highest BCUT2D eigenvalue weighted by molar-refractivity contribution is 7.89. The second-order valence-corrected chi connectivity index (χ2v) is 22.6. The normalized spacial score (nSPS) is 19.2. The fourth-order valence-corrected chi connectivity index (χ4v) is 10.1. The number of benzene rings is 2. The van der Waals surface area contributed by atoms with Crippen molar-refractivity contribution in [1.82, 2.24) is 47.3 Å². The van der Waals surface area contributed by atoms with E-state index in [1.165, 1.54) is 19.9 Å². The van der Waals surface area contributed by atoms with Crippen LogP contribution in [0.2, 0.25) is 0 Å². The zero-order chi connectivity index (χ0) is 58.9. The Morgan fingerprint density at radius 3 is 1.68 bits per heavy atom. The van der Waals surface area contributed by atoms with Gasteiger partial charge in [0.2, 0.25) is 57.3 Å². The van der Waals surface area contributed by atoms with Crippen LogP contribution in [0.25, 0.3) is 10.8 Å². The topological polar surface area (TPSA) is 389 Å². The lowest BCUT2D eigenvalue weighted by molar-refractivity contribution is -0.150. The van der Waals surface area contributed by atoms with Crippen molar-refractivity contribution in [1.29, 1.82) is 0 Å². The highest BCUT2D eigenvalue weighted by Crippen LogP contribution is 2.30. The van der Waals surface area contributed by atoms with Gasteiger partial charge < -0.3 is 72.6 Å². The Labute approximate surface area is 454 Å². The summed E-state index contributed by atoms with van der Waals surface area (Å²) in [6, 6.07) is -1.92. The number of sulfonamides is 1. The Hall–Kier alpha value is -6.52. The van der Waals surface area contributed by atoms with Crippen LogP contribution >= 0.6 is 0 Å². The summed E-state index contributed by atoms with van der Waals surface area (Å²) >= 11 is 0. The first-order chi connectivity index (χ1) is 36.4. The van der Waals surface area contributed by atoms with Gasteiger partial charge in [0.25, 0.3) is 0 Å². The number of nitrogens with one attached hydrogen (secondary N) is 9. The third-order valence-corrected chi connectivity index (χ3v) is 14.3. The summed E-state index contributed by atoms with van der Waals surface area (Å²) in [6.07, 6.45) is -2.59. The summed E-state index contributed by atoms with van der Waals surface area (Å²) in [5.41, 5.74) is 0.772. The van der Waals surface area contributed by atoms with Crippen molar-refractivity contribution >= 4 is 79.7 Å². The number of ether oxygens (including phenoxy) is 1. The molecule has 2 aromatic rings. The molecular weight excluding hydrogens is 1040 g/mol. The molecule has 0 bridgehead atoms. The molecule has 0 saturated carbocycles. The lowest BCUT2D eigenvalue weighted by Gasteiger charge is -2.40. The summed E-state index contributed by atoms with van der Waals surface area (Å²) in [6.45, 7) is 11.9. The molecule has 1 heterocycles. The number of anilines is 1. The van der Waals surface area contributed by atoms with Crippen LogP contribution in [0, 0.1) is 23.7 Å². The lowest BCUT2D eigenvalue weighted by Crippen LogP contribution is -2.62. The second-order valence-electron chi connectivity index (χ2n) is 20.9. The summed E-state index contributed by atoms with van der Waals surface area (Å²) in [4.78, 5) is 122. The molecule has 27 heteroatoms. The van der Waals surface area contributed by atoms with Crippen LogP contribution in [0.4, 0.5) is 5.69 Å². The molecule has 0 aromatic heterocycles. The van der Waals surface area contributed by atoms with Gasteiger partial charge in [-0.3, -0.25) is 38.4 Å². The molecule has 1 fully saturated rings. The summed E-state index contributed by atoms with van der Waals surface area (Å²) < 4.78 is 35.9. The van der Waals surface area contributed by atoms with E-state index in [1.807, 2.05) is 30.4 Å². The number of hydrogen-bond acceptors (Lipinski definition) is 16. The highest BCUT2D eigenvalue weighted by atomic mass is 32.2. The Morgan fingerprint density at radius 1 is 0.654 bits per heavy atom. The summed E-state index contributed by atoms with van der Waals surface area (Å²) in [5, 5.41) is 59.5. The van der Waals surface area contributed by atoms with Crippen LogP contribution in [0.3, 0.4) is 0 Å². The van der Waals surface area contributed by atoms with E-state index in [0.717, 1.165) is 5.69 Å². The van der Waals surface area contributed by atoms with E-state index in [4.69, 9.17) is 4.74 Å². The molecule has 0 spiro atoms. The SMILES string of the molecule is CC(=O)NC1CC(C)C(CO)OC1NC(=O)CC(NC(=O)C(NC(=O)C(CC(C)C)NC(=O)C(CC(C)C)NC(=O)C(C)NS(=O)(=O)c1cccc2c(N(C)C)cccc12)C(C)C)C(=O)NC(CO)C(=O)NC(CO)C(=O)O. The number of rotatable bonds is 29. The van der Waals surface area contributed by atoms with Gasteiger partial charge >= 0.3 is 5.97 Å². The van der Waals surface area contributed by atoms with Crippen molar-refractivity contribution in [3.8, 4) is 0 Å². The van der Waals surface area contributed by atoms with E-state index < -0.39 is 156 Å². The molecule has 11 unspecified atom stereocenters. The van der Waals surface area contributed by atoms with Crippen LogP contribution in [0.1, 0.15) is 88.0 Å². The number of nitrogens with zero attached hydrogens (tertiary/aromatic N) is 1. The maximum Gasteiger partial charge on any atom is 0.328 e. The van der Waals surface area contributed by atoms with E-state index in [9.17, 15) is 72.0 Å². The van der Waals surface area contributed by atoms with Crippen LogP contribution in [0.15, 0.2) is 41.3 Å². The van der Waals surface area contributed by atoms with Crippen molar-refractivity contribution in [3.05, 3.63) is 36.4 Å². The summed E-state index contributed by atoms with van der Waals surface area (Å²) in [5.74, 6) is -10.6.